The van der Waals surface area contributed by atoms with Crippen LogP contribution in [0, 0.1) is 5.82 Å². The molecular weight excluding hydrogens is 256 g/mol. The van der Waals surface area contributed by atoms with Gasteiger partial charge in [0.1, 0.15) is 17.9 Å². The van der Waals surface area contributed by atoms with Gasteiger partial charge >= 0.3 is 12.1 Å². The molecule has 0 heterocycles. The Bertz CT molecular complexity index is 474. The van der Waals surface area contributed by atoms with Crippen LogP contribution < -0.4 is 10.6 Å². The Hall–Kier alpha value is -1.99. The molecule has 0 amide bonds. The molecule has 0 aliphatic carbocycles. The summed E-state index contributed by atoms with van der Waals surface area (Å²) in [7, 11) is 1.05. The van der Waals surface area contributed by atoms with Crippen LogP contribution in [0.25, 0.3) is 0 Å². The summed E-state index contributed by atoms with van der Waals surface area (Å²) in [4.78, 5) is 11.6. The lowest BCUT2D eigenvalue weighted by Gasteiger charge is -2.23. The van der Waals surface area contributed by atoms with Crippen molar-refractivity contribution in [2.24, 2.45) is 0 Å². The Kier molecular flexibility index (Phi) is 3.68. The van der Waals surface area contributed by atoms with Crippen molar-refractivity contribution in [2.75, 3.05) is 24.2 Å². The SMILES string of the molecule is CN(CC(F)(F)F)c1ccc(F)c(N)c1C(=O)O. The number of anilines is 2. The van der Waals surface area contributed by atoms with E-state index in [1.54, 1.807) is 0 Å². The highest BCUT2D eigenvalue weighted by Crippen LogP contribution is 2.29. The van der Waals surface area contributed by atoms with Crippen molar-refractivity contribution in [3.05, 3.63) is 23.5 Å². The number of nitrogens with two attached hydrogens (primary N) is 1. The Morgan fingerprint density at radius 2 is 2.00 bits per heavy atom. The van der Waals surface area contributed by atoms with Crippen LogP contribution in [0.1, 0.15) is 10.4 Å². The number of hydrogen-bond acceptors (Lipinski definition) is 3. The lowest BCUT2D eigenvalue weighted by atomic mass is 10.1. The highest BCUT2D eigenvalue weighted by molar-refractivity contribution is 6.00. The van der Waals surface area contributed by atoms with Gasteiger partial charge < -0.3 is 15.7 Å². The Morgan fingerprint density at radius 3 is 2.44 bits per heavy atom. The summed E-state index contributed by atoms with van der Waals surface area (Å²) in [6.07, 6.45) is -4.51. The molecule has 1 aromatic rings. The van der Waals surface area contributed by atoms with Crippen molar-refractivity contribution in [1.29, 1.82) is 0 Å². The summed E-state index contributed by atoms with van der Waals surface area (Å²) in [6, 6.07) is 1.77. The van der Waals surface area contributed by atoms with Crippen LogP contribution in [0.5, 0.6) is 0 Å². The van der Waals surface area contributed by atoms with Crippen molar-refractivity contribution in [2.45, 2.75) is 6.18 Å². The molecule has 3 N–H and O–H groups in total. The summed E-state index contributed by atoms with van der Waals surface area (Å²) in [5.74, 6) is -2.58. The topological polar surface area (TPSA) is 66.6 Å². The van der Waals surface area contributed by atoms with E-state index in [-0.39, 0.29) is 5.69 Å². The van der Waals surface area contributed by atoms with Crippen LogP contribution in [0.3, 0.4) is 0 Å². The summed E-state index contributed by atoms with van der Waals surface area (Å²) >= 11 is 0. The van der Waals surface area contributed by atoms with Gasteiger partial charge in [-0.2, -0.15) is 13.2 Å². The van der Waals surface area contributed by atoms with Gasteiger partial charge in [-0.05, 0) is 12.1 Å². The number of carbonyl (C=O) groups is 1. The molecule has 0 bridgehead atoms. The lowest BCUT2D eigenvalue weighted by Crippen LogP contribution is -2.32. The van der Waals surface area contributed by atoms with Gasteiger partial charge in [-0.1, -0.05) is 0 Å². The molecule has 0 aliphatic rings. The normalized spacial score (nSPS) is 11.4. The maximum absolute atomic E-state index is 13.1. The molecule has 0 radical (unpaired) electrons. The van der Waals surface area contributed by atoms with Crippen LogP contribution >= 0.6 is 0 Å². The van der Waals surface area contributed by atoms with E-state index in [0.29, 0.717) is 4.90 Å². The highest BCUT2D eigenvalue weighted by atomic mass is 19.4. The molecule has 1 aromatic carbocycles. The summed E-state index contributed by atoms with van der Waals surface area (Å²) in [6.45, 7) is -1.36. The summed E-state index contributed by atoms with van der Waals surface area (Å²) < 4.78 is 49.7. The van der Waals surface area contributed by atoms with E-state index in [4.69, 9.17) is 10.8 Å². The van der Waals surface area contributed by atoms with Crippen LogP contribution in [0.2, 0.25) is 0 Å². The molecule has 0 unspecified atom stereocenters. The highest BCUT2D eigenvalue weighted by Gasteiger charge is 2.31. The molecule has 0 atom stereocenters. The average Bonchev–Trinajstić information content (AvgIpc) is 2.18. The van der Waals surface area contributed by atoms with Gasteiger partial charge in [0, 0.05) is 7.05 Å². The minimum atomic E-state index is -4.51. The fourth-order valence-electron chi connectivity index (χ4n) is 1.48. The van der Waals surface area contributed by atoms with Crippen LogP contribution in [-0.2, 0) is 0 Å². The first-order chi connectivity index (χ1) is 8.13. The molecule has 0 aromatic heterocycles. The second-order valence-electron chi connectivity index (χ2n) is 3.63. The van der Waals surface area contributed by atoms with Gasteiger partial charge in [0.25, 0.3) is 0 Å². The van der Waals surface area contributed by atoms with Crippen LogP contribution in [0.4, 0.5) is 28.9 Å². The number of nitrogen functional groups attached to an aromatic ring is 1. The lowest BCUT2D eigenvalue weighted by molar-refractivity contribution is -0.119. The smallest absolute Gasteiger partial charge is 0.405 e. The number of hydrogen-bond donors (Lipinski definition) is 2. The molecule has 0 saturated carbocycles. The third kappa shape index (κ3) is 3.02. The fraction of sp³-hybridized carbons (Fsp3) is 0.300. The zero-order valence-corrected chi connectivity index (χ0v) is 9.25. The molecule has 1 rings (SSSR count). The number of carboxylic acids is 1. The van der Waals surface area contributed by atoms with E-state index in [0.717, 1.165) is 19.2 Å². The first-order valence-corrected chi connectivity index (χ1v) is 4.72. The fourth-order valence-corrected chi connectivity index (χ4v) is 1.48. The zero-order valence-electron chi connectivity index (χ0n) is 9.25. The minimum Gasteiger partial charge on any atom is -0.478 e. The van der Waals surface area contributed by atoms with Gasteiger partial charge in [-0.3, -0.25) is 0 Å². The maximum atomic E-state index is 13.1. The number of benzene rings is 1. The van der Waals surface area contributed by atoms with E-state index >= 15 is 0 Å². The van der Waals surface area contributed by atoms with E-state index in [1.807, 2.05) is 0 Å². The number of carboxylic acid groups (broad SMARTS) is 1. The van der Waals surface area contributed by atoms with Crippen molar-refractivity contribution < 1.29 is 27.5 Å². The monoisotopic (exact) mass is 266 g/mol. The molecule has 8 heteroatoms. The number of halogens is 4. The third-order valence-electron chi connectivity index (χ3n) is 2.21. The second-order valence-corrected chi connectivity index (χ2v) is 3.63. The summed E-state index contributed by atoms with van der Waals surface area (Å²) in [5, 5.41) is 8.86. The number of rotatable bonds is 3. The Balaban J connectivity index is 3.24. The zero-order chi connectivity index (χ0) is 14.1. The first kappa shape index (κ1) is 14.1. The predicted octanol–water partition coefficient (Wildman–Crippen LogP) is 2.10. The molecule has 4 nitrogen and oxygen atoms in total. The van der Waals surface area contributed by atoms with Gasteiger partial charge in [-0.25, -0.2) is 9.18 Å². The molecule has 0 aliphatic heterocycles. The van der Waals surface area contributed by atoms with E-state index < -0.39 is 35.8 Å². The van der Waals surface area contributed by atoms with Gasteiger partial charge in [0.15, 0.2) is 0 Å². The van der Waals surface area contributed by atoms with E-state index in [1.165, 1.54) is 0 Å². The van der Waals surface area contributed by atoms with E-state index in [9.17, 15) is 22.4 Å². The number of nitrogens with zero attached hydrogens (tertiary/aromatic N) is 1. The van der Waals surface area contributed by atoms with Crippen molar-refractivity contribution >= 4 is 17.3 Å². The molecule has 0 spiro atoms. The van der Waals surface area contributed by atoms with Gasteiger partial charge in [0.05, 0.1) is 11.4 Å². The quantitative estimate of drug-likeness (QED) is 0.649. The Labute approximate surface area is 99.6 Å². The van der Waals surface area contributed by atoms with Crippen LogP contribution in [-0.4, -0.2) is 30.8 Å². The first-order valence-electron chi connectivity index (χ1n) is 4.72. The predicted molar refractivity (Wildman–Crippen MR) is 57.1 cm³/mol. The number of aromatic carboxylic acids is 1. The molecule has 100 valence electrons. The maximum Gasteiger partial charge on any atom is 0.405 e. The molecular formula is C10H10F4N2O2. The second kappa shape index (κ2) is 4.71. The molecule has 0 saturated heterocycles. The van der Waals surface area contributed by atoms with Crippen LogP contribution in [0.15, 0.2) is 12.1 Å². The van der Waals surface area contributed by atoms with Crippen molar-refractivity contribution in [1.82, 2.24) is 0 Å². The minimum absolute atomic E-state index is 0.293. The Morgan fingerprint density at radius 1 is 1.44 bits per heavy atom. The number of alkyl halides is 3. The van der Waals surface area contributed by atoms with Gasteiger partial charge in [0.2, 0.25) is 0 Å². The molecule has 0 fully saturated rings. The largest absolute Gasteiger partial charge is 0.478 e. The molecule has 18 heavy (non-hydrogen) atoms. The summed E-state index contributed by atoms with van der Waals surface area (Å²) in [5.41, 5.74) is 3.56. The standard InChI is InChI=1S/C10H10F4N2O2/c1-16(4-10(12,13)14)6-3-2-5(11)8(15)7(6)9(17)18/h2-3H,4,15H2,1H3,(H,17,18). The van der Waals surface area contributed by atoms with Gasteiger partial charge in [-0.15, -0.1) is 0 Å². The average molecular weight is 266 g/mol. The third-order valence-corrected chi connectivity index (χ3v) is 2.21. The van der Waals surface area contributed by atoms with Crippen molar-refractivity contribution in [3.63, 3.8) is 0 Å². The van der Waals surface area contributed by atoms with Crippen molar-refractivity contribution in [3.8, 4) is 0 Å². The van der Waals surface area contributed by atoms with E-state index in [2.05, 4.69) is 0 Å².